The molecule has 0 aromatic heterocycles. The fourth-order valence-electron chi connectivity index (χ4n) is 1.37. The molecule has 0 fully saturated rings. The summed E-state index contributed by atoms with van der Waals surface area (Å²) in [7, 11) is 0. The minimum atomic E-state index is -0.977. The van der Waals surface area contributed by atoms with Crippen LogP contribution in [0.5, 0.6) is 0 Å². The Labute approximate surface area is 95.9 Å². The first kappa shape index (κ1) is 14.9. The summed E-state index contributed by atoms with van der Waals surface area (Å²) in [4.78, 5) is 21.5. The number of nitrogens with one attached hydrogen (secondary N) is 1. The molecule has 3 N–H and O–H groups in total. The number of aliphatic hydroxyl groups is 1. The van der Waals surface area contributed by atoms with Gasteiger partial charge in [-0.25, -0.2) is 0 Å². The molecule has 1 amide bonds. The number of carbonyl (C=O) groups excluding carboxylic acids is 1. The van der Waals surface area contributed by atoms with Gasteiger partial charge in [0.25, 0.3) is 0 Å². The van der Waals surface area contributed by atoms with E-state index in [0.29, 0.717) is 6.54 Å². The van der Waals surface area contributed by atoms with Crippen molar-refractivity contribution < 1.29 is 19.8 Å². The summed E-state index contributed by atoms with van der Waals surface area (Å²) in [6.45, 7) is 4.35. The zero-order valence-corrected chi connectivity index (χ0v) is 9.95. The van der Waals surface area contributed by atoms with Gasteiger partial charge in [-0.15, -0.1) is 0 Å². The largest absolute Gasteiger partial charge is 0.481 e. The highest BCUT2D eigenvalue weighted by molar-refractivity contribution is 5.80. The average Bonchev–Trinajstić information content (AvgIpc) is 2.29. The van der Waals surface area contributed by atoms with E-state index in [4.69, 9.17) is 5.11 Å². The maximum absolute atomic E-state index is 11.3. The standard InChI is InChI=1S/C11H21NO4/c1-3-11(4-2,8-13)7-12-9(14)5-6-10(15)16/h13H,3-8H2,1-2H3,(H,12,14)(H,15,16). The molecule has 0 spiro atoms. The Kier molecular flexibility index (Phi) is 6.72. The SMILES string of the molecule is CCC(CC)(CO)CNC(=O)CCC(=O)O. The number of hydrogen-bond donors (Lipinski definition) is 3. The molecule has 0 aromatic rings. The number of carbonyl (C=O) groups is 2. The maximum Gasteiger partial charge on any atom is 0.303 e. The maximum atomic E-state index is 11.3. The van der Waals surface area contributed by atoms with Crippen molar-refractivity contribution in [2.45, 2.75) is 39.5 Å². The molecular formula is C11H21NO4. The highest BCUT2D eigenvalue weighted by atomic mass is 16.4. The molecule has 5 nitrogen and oxygen atoms in total. The Morgan fingerprint density at radius 1 is 1.19 bits per heavy atom. The van der Waals surface area contributed by atoms with E-state index < -0.39 is 5.97 Å². The zero-order valence-electron chi connectivity index (χ0n) is 9.95. The van der Waals surface area contributed by atoms with Gasteiger partial charge in [0.2, 0.25) is 5.91 Å². The molecule has 0 unspecified atom stereocenters. The molecule has 0 rings (SSSR count). The number of carboxylic acids is 1. The third-order valence-corrected chi connectivity index (χ3v) is 3.06. The molecule has 0 heterocycles. The summed E-state index contributed by atoms with van der Waals surface area (Å²) >= 11 is 0. The predicted molar refractivity (Wildman–Crippen MR) is 60.0 cm³/mol. The second kappa shape index (κ2) is 7.22. The topological polar surface area (TPSA) is 86.6 Å². The lowest BCUT2D eigenvalue weighted by Crippen LogP contribution is -2.39. The van der Waals surface area contributed by atoms with E-state index in [1.165, 1.54) is 0 Å². The smallest absolute Gasteiger partial charge is 0.303 e. The van der Waals surface area contributed by atoms with Crippen molar-refractivity contribution >= 4 is 11.9 Å². The molecule has 16 heavy (non-hydrogen) atoms. The third-order valence-electron chi connectivity index (χ3n) is 3.06. The molecule has 0 aliphatic rings. The molecule has 0 aliphatic carbocycles. The van der Waals surface area contributed by atoms with Gasteiger partial charge in [0, 0.05) is 18.4 Å². The molecule has 0 bridgehead atoms. The molecule has 0 aliphatic heterocycles. The van der Waals surface area contributed by atoms with Gasteiger partial charge in [-0.1, -0.05) is 13.8 Å². The zero-order chi connectivity index (χ0) is 12.6. The van der Waals surface area contributed by atoms with Crippen LogP contribution in [0.1, 0.15) is 39.5 Å². The highest BCUT2D eigenvalue weighted by Crippen LogP contribution is 2.24. The van der Waals surface area contributed by atoms with Crippen molar-refractivity contribution in [1.29, 1.82) is 0 Å². The molecule has 0 aromatic carbocycles. The lowest BCUT2D eigenvalue weighted by molar-refractivity contribution is -0.138. The monoisotopic (exact) mass is 231 g/mol. The minimum Gasteiger partial charge on any atom is -0.481 e. The van der Waals surface area contributed by atoms with E-state index in [1.54, 1.807) is 0 Å². The molecular weight excluding hydrogens is 210 g/mol. The highest BCUT2D eigenvalue weighted by Gasteiger charge is 2.25. The van der Waals surface area contributed by atoms with Crippen LogP contribution in [0.2, 0.25) is 0 Å². The first-order valence-electron chi connectivity index (χ1n) is 5.59. The van der Waals surface area contributed by atoms with Gasteiger partial charge in [-0.05, 0) is 12.8 Å². The van der Waals surface area contributed by atoms with Crippen LogP contribution < -0.4 is 5.32 Å². The van der Waals surface area contributed by atoms with Gasteiger partial charge < -0.3 is 15.5 Å². The molecule has 5 heteroatoms. The molecule has 0 radical (unpaired) electrons. The van der Waals surface area contributed by atoms with Crippen LogP contribution in [0.3, 0.4) is 0 Å². The van der Waals surface area contributed by atoms with Gasteiger partial charge in [0.1, 0.15) is 0 Å². The summed E-state index contributed by atoms with van der Waals surface area (Å²) in [5, 5.41) is 20.3. The van der Waals surface area contributed by atoms with Crippen LogP contribution >= 0.6 is 0 Å². The van der Waals surface area contributed by atoms with Crippen LogP contribution in [0.15, 0.2) is 0 Å². The predicted octanol–water partition coefficient (Wildman–Crippen LogP) is 0.766. The Hall–Kier alpha value is -1.10. The van der Waals surface area contributed by atoms with Gasteiger partial charge in [-0.3, -0.25) is 9.59 Å². The van der Waals surface area contributed by atoms with E-state index in [9.17, 15) is 14.7 Å². The Bertz CT molecular complexity index is 228. The van der Waals surface area contributed by atoms with Gasteiger partial charge in [0.15, 0.2) is 0 Å². The lowest BCUT2D eigenvalue weighted by Gasteiger charge is -2.29. The van der Waals surface area contributed by atoms with Gasteiger partial charge in [0.05, 0.1) is 13.0 Å². The summed E-state index contributed by atoms with van der Waals surface area (Å²) in [6, 6.07) is 0. The van der Waals surface area contributed by atoms with Crippen LogP contribution in [-0.2, 0) is 9.59 Å². The van der Waals surface area contributed by atoms with E-state index in [2.05, 4.69) is 5.32 Å². The van der Waals surface area contributed by atoms with Crippen molar-refractivity contribution in [2.75, 3.05) is 13.2 Å². The summed E-state index contributed by atoms with van der Waals surface area (Å²) < 4.78 is 0. The van der Waals surface area contributed by atoms with E-state index in [-0.39, 0.29) is 30.8 Å². The van der Waals surface area contributed by atoms with E-state index in [1.807, 2.05) is 13.8 Å². The van der Waals surface area contributed by atoms with Crippen molar-refractivity contribution in [3.05, 3.63) is 0 Å². The number of amides is 1. The van der Waals surface area contributed by atoms with Gasteiger partial charge in [-0.2, -0.15) is 0 Å². The first-order chi connectivity index (χ1) is 7.49. The van der Waals surface area contributed by atoms with Crippen molar-refractivity contribution in [3.63, 3.8) is 0 Å². The summed E-state index contributed by atoms with van der Waals surface area (Å²) in [5.74, 6) is -1.25. The van der Waals surface area contributed by atoms with Crippen molar-refractivity contribution in [3.8, 4) is 0 Å². The van der Waals surface area contributed by atoms with E-state index >= 15 is 0 Å². The number of rotatable bonds is 8. The fraction of sp³-hybridized carbons (Fsp3) is 0.818. The summed E-state index contributed by atoms with van der Waals surface area (Å²) in [6.07, 6.45) is 1.39. The Morgan fingerprint density at radius 3 is 2.12 bits per heavy atom. The average molecular weight is 231 g/mol. The first-order valence-corrected chi connectivity index (χ1v) is 5.59. The number of carboxylic acid groups (broad SMARTS) is 1. The number of aliphatic carboxylic acids is 1. The van der Waals surface area contributed by atoms with Crippen LogP contribution in [0.25, 0.3) is 0 Å². The van der Waals surface area contributed by atoms with Gasteiger partial charge >= 0.3 is 5.97 Å². The molecule has 0 atom stereocenters. The fourth-order valence-corrected chi connectivity index (χ4v) is 1.37. The van der Waals surface area contributed by atoms with Crippen molar-refractivity contribution in [1.82, 2.24) is 5.32 Å². The van der Waals surface area contributed by atoms with Crippen LogP contribution in [0.4, 0.5) is 0 Å². The van der Waals surface area contributed by atoms with Crippen LogP contribution in [0, 0.1) is 5.41 Å². The van der Waals surface area contributed by atoms with E-state index in [0.717, 1.165) is 12.8 Å². The number of aliphatic hydroxyl groups excluding tert-OH is 1. The minimum absolute atomic E-state index is 0.00965. The van der Waals surface area contributed by atoms with Crippen molar-refractivity contribution in [2.24, 2.45) is 5.41 Å². The summed E-state index contributed by atoms with van der Waals surface area (Å²) in [5.41, 5.74) is -0.279. The lowest BCUT2D eigenvalue weighted by atomic mass is 9.83. The third kappa shape index (κ3) is 5.11. The second-order valence-electron chi connectivity index (χ2n) is 4.04. The Morgan fingerprint density at radius 2 is 1.75 bits per heavy atom. The molecule has 0 saturated carbocycles. The molecule has 0 saturated heterocycles. The molecule has 94 valence electrons. The quantitative estimate of drug-likeness (QED) is 0.575. The van der Waals surface area contributed by atoms with Crippen LogP contribution in [-0.4, -0.2) is 35.2 Å². The Balaban J connectivity index is 4.01. The number of hydrogen-bond acceptors (Lipinski definition) is 3. The normalized spacial score (nSPS) is 11.2. The second-order valence-corrected chi connectivity index (χ2v) is 4.04.